The molecule has 0 saturated carbocycles. The third kappa shape index (κ3) is 6.05. The first-order valence-electron chi connectivity index (χ1n) is 10.8. The lowest BCUT2D eigenvalue weighted by Gasteiger charge is -2.23. The number of benzene rings is 2. The van der Waals surface area contributed by atoms with E-state index in [1.54, 1.807) is 6.92 Å². The Morgan fingerprint density at radius 2 is 1.82 bits per heavy atom. The molecule has 0 bridgehead atoms. The largest absolute Gasteiger partial charge is 0.390 e. The molecule has 1 aliphatic rings. The van der Waals surface area contributed by atoms with Gasteiger partial charge in [-0.2, -0.15) is 0 Å². The number of fused-ring (bicyclic) bond motifs is 1. The van der Waals surface area contributed by atoms with Crippen LogP contribution >= 0.6 is 0 Å². The maximum absolute atomic E-state index is 12.8. The highest BCUT2D eigenvalue weighted by Gasteiger charge is 2.33. The molecule has 3 N–H and O–H groups in total. The quantitative estimate of drug-likeness (QED) is 0.453. The van der Waals surface area contributed by atoms with E-state index in [0.29, 0.717) is 18.4 Å². The highest BCUT2D eigenvalue weighted by Crippen LogP contribution is 2.31. The van der Waals surface area contributed by atoms with E-state index >= 15 is 0 Å². The Bertz CT molecular complexity index is 1100. The fraction of sp³-hybridized carbons (Fsp3) is 0.417. The number of carbonyl (C=O) groups is 2. The zero-order valence-electron chi connectivity index (χ0n) is 18.9. The van der Waals surface area contributed by atoms with Gasteiger partial charge in [0.25, 0.3) is 0 Å². The summed E-state index contributed by atoms with van der Waals surface area (Å²) in [5.74, 6) is -0.845. The molecule has 33 heavy (non-hydrogen) atoms. The van der Waals surface area contributed by atoms with Gasteiger partial charge in [-0.1, -0.05) is 43.3 Å². The van der Waals surface area contributed by atoms with E-state index in [1.807, 2.05) is 24.3 Å². The molecule has 2 aromatic rings. The van der Waals surface area contributed by atoms with Crippen LogP contribution in [0.15, 0.2) is 53.4 Å². The van der Waals surface area contributed by atoms with Gasteiger partial charge in [0.05, 0.1) is 23.1 Å². The van der Waals surface area contributed by atoms with Gasteiger partial charge in [-0.3, -0.25) is 9.59 Å². The number of methoxy groups -OCH3 is 1. The van der Waals surface area contributed by atoms with E-state index in [2.05, 4.69) is 10.0 Å². The van der Waals surface area contributed by atoms with Crippen molar-refractivity contribution in [1.29, 1.82) is 0 Å². The molecule has 2 aromatic carbocycles. The molecule has 178 valence electrons. The second-order valence-corrected chi connectivity index (χ2v) is 10.2. The van der Waals surface area contributed by atoms with Crippen LogP contribution in [0.1, 0.15) is 47.8 Å². The SMILES string of the molecule is COC(CNS(=O)(=O)c1ccc(C(C)=O)cc1)CC(C)C(=O)NC1c2ccccc2CC1O. The van der Waals surface area contributed by atoms with Gasteiger partial charge in [0, 0.05) is 31.6 Å². The Morgan fingerprint density at radius 3 is 2.45 bits per heavy atom. The number of hydrogen-bond acceptors (Lipinski definition) is 6. The van der Waals surface area contributed by atoms with Crippen molar-refractivity contribution >= 4 is 21.7 Å². The smallest absolute Gasteiger partial charge is 0.240 e. The van der Waals surface area contributed by atoms with Gasteiger partial charge in [-0.05, 0) is 36.6 Å². The lowest BCUT2D eigenvalue weighted by molar-refractivity contribution is -0.127. The zero-order valence-corrected chi connectivity index (χ0v) is 19.8. The van der Waals surface area contributed by atoms with Crippen LogP contribution in [0, 0.1) is 5.92 Å². The molecule has 0 aliphatic heterocycles. The zero-order chi connectivity index (χ0) is 24.2. The summed E-state index contributed by atoms with van der Waals surface area (Å²) < 4.78 is 33.1. The number of ether oxygens (including phenoxy) is 1. The number of ketones is 1. The first-order valence-corrected chi connectivity index (χ1v) is 12.3. The predicted octanol–water partition coefficient (Wildman–Crippen LogP) is 1.98. The van der Waals surface area contributed by atoms with Crippen molar-refractivity contribution in [3.8, 4) is 0 Å². The number of hydrogen-bond donors (Lipinski definition) is 3. The third-order valence-corrected chi connectivity index (χ3v) is 7.41. The highest BCUT2D eigenvalue weighted by atomic mass is 32.2. The van der Waals surface area contributed by atoms with Crippen molar-refractivity contribution in [2.24, 2.45) is 5.92 Å². The van der Waals surface area contributed by atoms with Crippen LogP contribution in [0.2, 0.25) is 0 Å². The highest BCUT2D eigenvalue weighted by molar-refractivity contribution is 7.89. The number of aliphatic hydroxyl groups excluding tert-OH is 1. The molecular formula is C24H30N2O6S. The Hall–Kier alpha value is -2.59. The topological polar surface area (TPSA) is 122 Å². The third-order valence-electron chi connectivity index (χ3n) is 5.97. The summed E-state index contributed by atoms with van der Waals surface area (Å²) in [5, 5.41) is 13.3. The minimum absolute atomic E-state index is 0.0141. The molecule has 9 heteroatoms. The van der Waals surface area contributed by atoms with E-state index in [1.165, 1.54) is 38.3 Å². The molecule has 8 nitrogen and oxygen atoms in total. The molecule has 1 aliphatic carbocycles. The van der Waals surface area contributed by atoms with Crippen molar-refractivity contribution in [1.82, 2.24) is 10.0 Å². The minimum Gasteiger partial charge on any atom is -0.390 e. The van der Waals surface area contributed by atoms with Gasteiger partial charge in [0.15, 0.2) is 5.78 Å². The van der Waals surface area contributed by atoms with Crippen LogP contribution in [0.4, 0.5) is 0 Å². The van der Waals surface area contributed by atoms with Crippen molar-refractivity contribution in [2.75, 3.05) is 13.7 Å². The average molecular weight is 475 g/mol. The number of sulfonamides is 1. The molecule has 3 rings (SSSR count). The minimum atomic E-state index is -3.80. The molecule has 4 unspecified atom stereocenters. The molecule has 0 fully saturated rings. The molecule has 0 radical (unpaired) electrons. The molecule has 0 saturated heterocycles. The van der Waals surface area contributed by atoms with Gasteiger partial charge in [0.2, 0.25) is 15.9 Å². The summed E-state index contributed by atoms with van der Waals surface area (Å²) in [6.07, 6.45) is -0.431. The first-order chi connectivity index (χ1) is 15.6. The van der Waals surface area contributed by atoms with Crippen molar-refractivity contribution in [3.05, 3.63) is 65.2 Å². The van der Waals surface area contributed by atoms with Crippen LogP contribution in [-0.4, -0.2) is 51.1 Å². The maximum atomic E-state index is 12.8. The number of amides is 1. The van der Waals surface area contributed by atoms with E-state index in [4.69, 9.17) is 4.74 Å². The van der Waals surface area contributed by atoms with Crippen LogP contribution in [0.3, 0.4) is 0 Å². The Labute approximate surface area is 194 Å². The second-order valence-electron chi connectivity index (χ2n) is 8.38. The number of carbonyl (C=O) groups excluding carboxylic acids is 2. The van der Waals surface area contributed by atoms with Crippen molar-refractivity contribution in [3.63, 3.8) is 0 Å². The van der Waals surface area contributed by atoms with Crippen molar-refractivity contribution < 1.29 is 27.9 Å². The van der Waals surface area contributed by atoms with Gasteiger partial charge in [0.1, 0.15) is 0 Å². The molecule has 0 spiro atoms. The summed E-state index contributed by atoms with van der Waals surface area (Å²) in [4.78, 5) is 24.2. The number of aliphatic hydroxyl groups is 1. The normalized spacial score (nSPS) is 19.5. The standard InChI is InChI=1S/C24H30N2O6S/c1-15(24(29)26-23-21-7-5-4-6-18(21)13-22(23)28)12-19(32-3)14-25-33(30,31)20-10-8-17(9-11-20)16(2)27/h4-11,15,19,22-23,25,28H,12-14H2,1-3H3,(H,26,29). The van der Waals surface area contributed by atoms with E-state index in [9.17, 15) is 23.1 Å². The average Bonchev–Trinajstić information content (AvgIpc) is 3.11. The molecule has 0 aromatic heterocycles. The Morgan fingerprint density at radius 1 is 1.15 bits per heavy atom. The molecule has 0 heterocycles. The molecular weight excluding hydrogens is 444 g/mol. The number of Topliss-reactive ketones (excluding diaryl/α,β-unsaturated/α-hetero) is 1. The summed E-state index contributed by atoms with van der Waals surface area (Å²) in [6.45, 7) is 3.14. The summed E-state index contributed by atoms with van der Waals surface area (Å²) in [5.41, 5.74) is 2.36. The maximum Gasteiger partial charge on any atom is 0.240 e. The van der Waals surface area contributed by atoms with Gasteiger partial charge < -0.3 is 15.2 Å². The number of rotatable bonds is 10. The predicted molar refractivity (Wildman–Crippen MR) is 123 cm³/mol. The Balaban J connectivity index is 1.56. The van der Waals surface area contributed by atoms with Crippen LogP contribution in [-0.2, 0) is 26.0 Å². The van der Waals surface area contributed by atoms with Crippen molar-refractivity contribution in [2.45, 2.75) is 49.8 Å². The van der Waals surface area contributed by atoms with Crippen LogP contribution in [0.5, 0.6) is 0 Å². The summed E-state index contributed by atoms with van der Waals surface area (Å²) in [7, 11) is -2.34. The van der Waals surface area contributed by atoms with E-state index in [-0.39, 0.29) is 23.1 Å². The van der Waals surface area contributed by atoms with Crippen LogP contribution in [0.25, 0.3) is 0 Å². The second kappa shape index (κ2) is 10.6. The summed E-state index contributed by atoms with van der Waals surface area (Å²) >= 11 is 0. The Kier molecular flexibility index (Phi) is 8.01. The first kappa shape index (κ1) is 25.0. The number of nitrogens with one attached hydrogen (secondary N) is 2. The molecule has 1 amide bonds. The molecule has 4 atom stereocenters. The lowest BCUT2D eigenvalue weighted by Crippen LogP contribution is -2.40. The van der Waals surface area contributed by atoms with E-state index < -0.39 is 34.2 Å². The summed E-state index contributed by atoms with van der Waals surface area (Å²) in [6, 6.07) is 12.8. The van der Waals surface area contributed by atoms with Gasteiger partial charge >= 0.3 is 0 Å². The van der Waals surface area contributed by atoms with Gasteiger partial charge in [-0.25, -0.2) is 13.1 Å². The van der Waals surface area contributed by atoms with Crippen LogP contribution < -0.4 is 10.0 Å². The fourth-order valence-corrected chi connectivity index (χ4v) is 5.03. The van der Waals surface area contributed by atoms with Gasteiger partial charge in [-0.15, -0.1) is 0 Å². The fourth-order valence-electron chi connectivity index (χ4n) is 3.96. The monoisotopic (exact) mass is 474 g/mol. The van der Waals surface area contributed by atoms with E-state index in [0.717, 1.165) is 11.1 Å². The lowest BCUT2D eigenvalue weighted by atomic mass is 10.0.